The van der Waals surface area contributed by atoms with Crippen LogP contribution in [0.5, 0.6) is 5.75 Å². The Balaban J connectivity index is 1.76. The van der Waals surface area contributed by atoms with Gasteiger partial charge >= 0.3 is 0 Å². The quantitative estimate of drug-likeness (QED) is 0.868. The molecular weight excluding hydrogens is 349 g/mol. The summed E-state index contributed by atoms with van der Waals surface area (Å²) < 4.78 is 5.14. The van der Waals surface area contributed by atoms with Gasteiger partial charge in [-0.1, -0.05) is 53.5 Å². The predicted molar refractivity (Wildman–Crippen MR) is 96.0 cm³/mol. The van der Waals surface area contributed by atoms with Gasteiger partial charge in [0.05, 0.1) is 23.7 Å². The summed E-state index contributed by atoms with van der Waals surface area (Å²) in [5.41, 5.74) is 1.57. The summed E-state index contributed by atoms with van der Waals surface area (Å²) in [6.07, 6.45) is 0. The second-order valence-electron chi connectivity index (χ2n) is 5.16. The monoisotopic (exact) mass is 365 g/mol. The van der Waals surface area contributed by atoms with Gasteiger partial charge in [0.1, 0.15) is 18.0 Å². The normalized spacial score (nSPS) is 15.6. The number of nitrogens with zero attached hydrogens (tertiary/aromatic N) is 2. The fourth-order valence-electron chi connectivity index (χ4n) is 2.28. The van der Waals surface area contributed by atoms with Gasteiger partial charge in [0.15, 0.2) is 0 Å². The second kappa shape index (κ2) is 7.75. The minimum atomic E-state index is 0.420. The molecule has 0 radical (unpaired) electrons. The van der Waals surface area contributed by atoms with E-state index in [1.165, 1.54) is 0 Å². The molecule has 3 rings (SSSR count). The van der Waals surface area contributed by atoms with E-state index < -0.39 is 0 Å². The van der Waals surface area contributed by atoms with Crippen LogP contribution in [0.2, 0.25) is 10.0 Å². The molecule has 5 nitrogen and oxygen atoms in total. The number of methoxy groups -OCH3 is 1. The zero-order valence-electron chi connectivity index (χ0n) is 13.1. The zero-order chi connectivity index (χ0) is 16.9. The van der Waals surface area contributed by atoms with E-state index in [0.29, 0.717) is 40.6 Å². The maximum absolute atomic E-state index is 6.25. The zero-order valence-corrected chi connectivity index (χ0v) is 14.6. The van der Waals surface area contributed by atoms with E-state index in [9.17, 15) is 0 Å². The van der Waals surface area contributed by atoms with Crippen molar-refractivity contribution in [2.75, 3.05) is 20.2 Å². The summed E-state index contributed by atoms with van der Waals surface area (Å²) in [6.45, 7) is 1.89. The van der Waals surface area contributed by atoms with E-state index in [0.717, 1.165) is 12.1 Å². The highest BCUT2D eigenvalue weighted by Gasteiger charge is 2.20. The molecule has 0 unspecified atom stereocenters. The molecule has 24 heavy (non-hydrogen) atoms. The molecule has 0 atom stereocenters. The molecular formula is C17H17Cl2N3O2. The Hall–Kier alpha value is -1.95. The molecule has 7 heteroatoms. The largest absolute Gasteiger partial charge is 0.497 e. The van der Waals surface area contributed by atoms with Crippen molar-refractivity contribution >= 4 is 34.8 Å². The summed E-state index contributed by atoms with van der Waals surface area (Å²) in [7, 11) is 1.56. The minimum Gasteiger partial charge on any atom is -0.497 e. The van der Waals surface area contributed by atoms with Crippen molar-refractivity contribution in [3.05, 3.63) is 58.1 Å². The van der Waals surface area contributed by atoms with Gasteiger partial charge in [-0.25, -0.2) is 10.1 Å². The average molecular weight is 366 g/mol. The molecule has 1 aliphatic heterocycles. The van der Waals surface area contributed by atoms with Crippen LogP contribution in [-0.4, -0.2) is 31.2 Å². The molecule has 1 heterocycles. The number of aliphatic imine (C=N–C) groups is 1. The molecule has 0 amide bonds. The number of hydrogen-bond donors (Lipinski definition) is 1. The van der Waals surface area contributed by atoms with Crippen molar-refractivity contribution in [3.63, 3.8) is 0 Å². The molecule has 1 fully saturated rings. The van der Waals surface area contributed by atoms with Crippen molar-refractivity contribution in [1.82, 2.24) is 10.4 Å². The first kappa shape index (κ1) is 16.9. The van der Waals surface area contributed by atoms with Crippen LogP contribution in [-0.2, 0) is 11.4 Å². The molecule has 0 saturated carbocycles. The number of ether oxygens (including phenoxy) is 1. The van der Waals surface area contributed by atoms with E-state index in [-0.39, 0.29) is 0 Å². The standard InChI is InChI=1S/C17H17Cl2N3O2/c1-23-13-9-14(18)16(15(19)10-13)21-17-20-7-8-22(17)24-11-12-5-3-2-4-6-12/h2-6,9-10H,7-8,11H2,1H3,(H,20,21). The molecule has 126 valence electrons. The molecule has 1 aliphatic rings. The Morgan fingerprint density at radius 1 is 1.17 bits per heavy atom. The summed E-state index contributed by atoms with van der Waals surface area (Å²) in [4.78, 5) is 10.3. The van der Waals surface area contributed by atoms with Crippen molar-refractivity contribution in [3.8, 4) is 5.75 Å². The van der Waals surface area contributed by atoms with Crippen LogP contribution in [0.3, 0.4) is 0 Å². The van der Waals surface area contributed by atoms with E-state index >= 15 is 0 Å². The molecule has 0 aliphatic carbocycles. The lowest BCUT2D eigenvalue weighted by Gasteiger charge is -2.17. The van der Waals surface area contributed by atoms with Gasteiger partial charge in [0, 0.05) is 18.7 Å². The Labute approximate surface area is 150 Å². The number of nitrogens with one attached hydrogen (secondary N) is 1. The van der Waals surface area contributed by atoms with E-state index in [4.69, 9.17) is 32.8 Å². The average Bonchev–Trinajstić information content (AvgIpc) is 3.04. The maximum atomic E-state index is 6.25. The number of hydroxylamine groups is 2. The van der Waals surface area contributed by atoms with Crippen LogP contribution in [0, 0.1) is 0 Å². The lowest BCUT2D eigenvalue weighted by Crippen LogP contribution is -2.30. The first-order valence-corrected chi connectivity index (χ1v) is 8.23. The lowest BCUT2D eigenvalue weighted by molar-refractivity contribution is -0.102. The molecule has 1 N–H and O–H groups in total. The summed E-state index contributed by atoms with van der Waals surface area (Å²) in [5.74, 6) is 1.17. The first-order chi connectivity index (χ1) is 11.7. The molecule has 2 aromatic rings. The summed E-state index contributed by atoms with van der Waals surface area (Å²) in [5, 5.41) is 5.73. The maximum Gasteiger partial charge on any atom is 0.223 e. The van der Waals surface area contributed by atoms with Crippen molar-refractivity contribution in [1.29, 1.82) is 0 Å². The fraction of sp³-hybridized carbons (Fsp3) is 0.235. The fourth-order valence-corrected chi connectivity index (χ4v) is 2.84. The minimum absolute atomic E-state index is 0.420. The van der Waals surface area contributed by atoms with E-state index in [1.54, 1.807) is 24.3 Å². The van der Waals surface area contributed by atoms with E-state index in [2.05, 4.69) is 10.3 Å². The van der Waals surface area contributed by atoms with Gasteiger partial charge in [-0.3, -0.25) is 4.84 Å². The Bertz CT molecular complexity index is 715. The second-order valence-corrected chi connectivity index (χ2v) is 5.98. The molecule has 2 aromatic carbocycles. The summed E-state index contributed by atoms with van der Waals surface area (Å²) in [6, 6.07) is 13.3. The third-order valence-electron chi connectivity index (χ3n) is 3.51. The highest BCUT2D eigenvalue weighted by Crippen LogP contribution is 2.37. The van der Waals surface area contributed by atoms with Crippen LogP contribution in [0.1, 0.15) is 5.56 Å². The van der Waals surface area contributed by atoms with Gasteiger partial charge in [0.2, 0.25) is 5.96 Å². The first-order valence-electron chi connectivity index (χ1n) is 7.47. The Morgan fingerprint density at radius 2 is 1.88 bits per heavy atom. The van der Waals surface area contributed by atoms with Gasteiger partial charge in [-0.05, 0) is 5.56 Å². The van der Waals surface area contributed by atoms with Crippen LogP contribution < -0.4 is 10.1 Å². The number of benzene rings is 2. The number of rotatable bonds is 5. The smallest absolute Gasteiger partial charge is 0.223 e. The van der Waals surface area contributed by atoms with Crippen LogP contribution >= 0.6 is 23.2 Å². The van der Waals surface area contributed by atoms with Crippen molar-refractivity contribution in [2.45, 2.75) is 6.61 Å². The predicted octanol–water partition coefficient (Wildman–Crippen LogP) is 4.03. The Kier molecular flexibility index (Phi) is 5.45. The Morgan fingerprint density at radius 3 is 2.54 bits per heavy atom. The van der Waals surface area contributed by atoms with Crippen LogP contribution in [0.25, 0.3) is 0 Å². The molecule has 1 saturated heterocycles. The van der Waals surface area contributed by atoms with Gasteiger partial charge in [0.25, 0.3) is 0 Å². The number of guanidine groups is 1. The molecule has 0 bridgehead atoms. The topological polar surface area (TPSA) is 46.1 Å². The van der Waals surface area contributed by atoms with Gasteiger partial charge < -0.3 is 10.1 Å². The molecule has 0 spiro atoms. The van der Waals surface area contributed by atoms with E-state index in [1.807, 2.05) is 30.3 Å². The third-order valence-corrected chi connectivity index (χ3v) is 4.08. The van der Waals surface area contributed by atoms with Crippen molar-refractivity contribution < 1.29 is 9.57 Å². The third kappa shape index (κ3) is 3.93. The SMILES string of the molecule is COc1cc(Cl)c(N=C2NCCN2OCc2ccccc2)c(Cl)c1. The van der Waals surface area contributed by atoms with Crippen LogP contribution in [0.4, 0.5) is 5.69 Å². The van der Waals surface area contributed by atoms with Gasteiger partial charge in [-0.2, -0.15) is 0 Å². The summed E-state index contributed by atoms with van der Waals surface area (Å²) >= 11 is 12.5. The number of halogens is 2. The van der Waals surface area contributed by atoms with Gasteiger partial charge in [-0.15, -0.1) is 0 Å². The van der Waals surface area contributed by atoms with Crippen molar-refractivity contribution in [2.24, 2.45) is 4.99 Å². The molecule has 0 aromatic heterocycles. The highest BCUT2D eigenvalue weighted by molar-refractivity contribution is 6.39. The van der Waals surface area contributed by atoms with Crippen LogP contribution in [0.15, 0.2) is 47.5 Å². The lowest BCUT2D eigenvalue weighted by atomic mass is 10.2. The number of hydrogen-bond acceptors (Lipinski definition) is 3. The highest BCUT2D eigenvalue weighted by atomic mass is 35.5.